The largest absolute Gasteiger partial charge is 0.352 e. The summed E-state index contributed by atoms with van der Waals surface area (Å²) in [5.41, 5.74) is 4.17. The molecule has 26 heavy (non-hydrogen) atoms. The molecule has 5 heteroatoms. The van der Waals surface area contributed by atoms with Gasteiger partial charge in [0.25, 0.3) is 0 Å². The van der Waals surface area contributed by atoms with Crippen molar-refractivity contribution in [3.05, 3.63) is 28.8 Å². The van der Waals surface area contributed by atoms with Crippen LogP contribution in [-0.4, -0.2) is 42.9 Å². The van der Waals surface area contributed by atoms with Crippen LogP contribution in [0.25, 0.3) is 0 Å². The lowest BCUT2D eigenvalue weighted by molar-refractivity contribution is -0.123. The number of carbonyl (C=O) groups excluding carboxylic acids is 2. The van der Waals surface area contributed by atoms with Crippen LogP contribution in [0.1, 0.15) is 49.3 Å². The van der Waals surface area contributed by atoms with Crippen LogP contribution in [0.15, 0.2) is 12.1 Å². The molecule has 0 unspecified atom stereocenters. The fourth-order valence-corrected chi connectivity index (χ4v) is 3.78. The minimum absolute atomic E-state index is 0.00236. The minimum Gasteiger partial charge on any atom is -0.352 e. The maximum Gasteiger partial charge on any atom is 0.238 e. The van der Waals surface area contributed by atoms with Crippen molar-refractivity contribution in [2.24, 2.45) is 5.92 Å². The molecule has 0 aliphatic heterocycles. The molecule has 5 nitrogen and oxygen atoms in total. The van der Waals surface area contributed by atoms with Crippen LogP contribution in [0.3, 0.4) is 0 Å². The van der Waals surface area contributed by atoms with E-state index in [0.717, 1.165) is 35.6 Å². The summed E-state index contributed by atoms with van der Waals surface area (Å²) in [7, 11) is 1.80. The van der Waals surface area contributed by atoms with Crippen molar-refractivity contribution in [2.45, 2.75) is 59.4 Å². The third-order valence-electron chi connectivity index (χ3n) is 5.15. The Balaban J connectivity index is 1.79. The van der Waals surface area contributed by atoms with Crippen LogP contribution < -0.4 is 10.6 Å². The summed E-state index contributed by atoms with van der Waals surface area (Å²) in [5, 5.41) is 6.09. The van der Waals surface area contributed by atoms with Crippen molar-refractivity contribution in [3.63, 3.8) is 0 Å². The molecule has 1 aromatic carbocycles. The number of anilines is 1. The summed E-state index contributed by atoms with van der Waals surface area (Å²) in [6.45, 7) is 8.75. The van der Waals surface area contributed by atoms with Crippen molar-refractivity contribution in [2.75, 3.05) is 25.5 Å². The van der Waals surface area contributed by atoms with Gasteiger partial charge in [0.05, 0.1) is 13.1 Å². The number of rotatable bonds is 6. The third-order valence-corrected chi connectivity index (χ3v) is 5.15. The first-order valence-corrected chi connectivity index (χ1v) is 9.60. The van der Waals surface area contributed by atoms with Gasteiger partial charge in [-0.25, -0.2) is 0 Å². The molecule has 1 aromatic rings. The summed E-state index contributed by atoms with van der Waals surface area (Å²) in [6, 6.07) is 4.41. The quantitative estimate of drug-likeness (QED) is 0.820. The van der Waals surface area contributed by atoms with Gasteiger partial charge in [0.1, 0.15) is 0 Å². The van der Waals surface area contributed by atoms with Gasteiger partial charge in [0, 0.05) is 11.7 Å². The Kier molecular flexibility index (Phi) is 7.21. The molecule has 2 N–H and O–H groups in total. The van der Waals surface area contributed by atoms with E-state index in [1.54, 1.807) is 11.9 Å². The number of carbonyl (C=O) groups is 2. The van der Waals surface area contributed by atoms with E-state index < -0.39 is 0 Å². The van der Waals surface area contributed by atoms with Crippen LogP contribution in [0.4, 0.5) is 5.69 Å². The fourth-order valence-electron chi connectivity index (χ4n) is 3.78. The number of amides is 2. The highest BCUT2D eigenvalue weighted by Crippen LogP contribution is 2.23. The van der Waals surface area contributed by atoms with Crippen LogP contribution in [0.5, 0.6) is 0 Å². The summed E-state index contributed by atoms with van der Waals surface area (Å²) >= 11 is 0. The smallest absolute Gasteiger partial charge is 0.238 e. The Hall–Kier alpha value is -1.88. The van der Waals surface area contributed by atoms with E-state index in [9.17, 15) is 9.59 Å². The van der Waals surface area contributed by atoms with Crippen LogP contribution in [0, 0.1) is 26.7 Å². The van der Waals surface area contributed by atoms with E-state index in [4.69, 9.17) is 0 Å². The molecule has 1 aliphatic rings. The van der Waals surface area contributed by atoms with E-state index in [1.807, 2.05) is 20.8 Å². The molecule has 0 saturated heterocycles. The number of hydrogen-bond acceptors (Lipinski definition) is 3. The zero-order valence-electron chi connectivity index (χ0n) is 16.8. The Labute approximate surface area is 157 Å². The molecule has 1 saturated carbocycles. The highest BCUT2D eigenvalue weighted by molar-refractivity contribution is 5.94. The Bertz CT molecular complexity index is 626. The van der Waals surface area contributed by atoms with E-state index in [-0.39, 0.29) is 24.9 Å². The summed E-state index contributed by atoms with van der Waals surface area (Å²) in [5.74, 6) is 0.674. The van der Waals surface area contributed by atoms with Crippen LogP contribution in [-0.2, 0) is 9.59 Å². The maximum atomic E-state index is 12.3. The molecule has 0 spiro atoms. The zero-order valence-corrected chi connectivity index (χ0v) is 16.8. The van der Waals surface area contributed by atoms with Gasteiger partial charge >= 0.3 is 0 Å². The maximum absolute atomic E-state index is 12.3. The Morgan fingerprint density at radius 1 is 1.00 bits per heavy atom. The first-order chi connectivity index (χ1) is 12.2. The molecule has 0 aromatic heterocycles. The monoisotopic (exact) mass is 359 g/mol. The molecule has 1 aliphatic carbocycles. The van der Waals surface area contributed by atoms with E-state index in [1.165, 1.54) is 18.4 Å². The number of hydrogen-bond donors (Lipinski definition) is 2. The molecule has 0 atom stereocenters. The van der Waals surface area contributed by atoms with Gasteiger partial charge in [-0.05, 0) is 70.5 Å². The SMILES string of the molecule is Cc1cc(C)c(NC(=O)CN(C)CC(=O)NC2CCC(C)CC2)c(C)c1. The topological polar surface area (TPSA) is 61.4 Å². The minimum atomic E-state index is -0.0955. The van der Waals surface area contributed by atoms with Gasteiger partial charge in [0.2, 0.25) is 11.8 Å². The number of likely N-dealkylation sites (N-methyl/N-ethyl adjacent to an activating group) is 1. The van der Waals surface area contributed by atoms with Crippen molar-refractivity contribution >= 4 is 17.5 Å². The van der Waals surface area contributed by atoms with E-state index >= 15 is 0 Å². The predicted molar refractivity (Wildman–Crippen MR) is 106 cm³/mol. The van der Waals surface area contributed by atoms with Gasteiger partial charge < -0.3 is 10.6 Å². The molecule has 0 heterocycles. The highest BCUT2D eigenvalue weighted by Gasteiger charge is 2.20. The molecule has 2 rings (SSSR count). The van der Waals surface area contributed by atoms with Crippen LogP contribution >= 0.6 is 0 Å². The highest BCUT2D eigenvalue weighted by atomic mass is 16.2. The van der Waals surface area contributed by atoms with E-state index in [2.05, 4.69) is 29.7 Å². The van der Waals surface area contributed by atoms with Gasteiger partial charge in [0.15, 0.2) is 0 Å². The second-order valence-electron chi connectivity index (χ2n) is 8.02. The first-order valence-electron chi connectivity index (χ1n) is 9.60. The lowest BCUT2D eigenvalue weighted by atomic mass is 9.87. The molecule has 0 bridgehead atoms. The molecular weight excluding hydrogens is 326 g/mol. The lowest BCUT2D eigenvalue weighted by Crippen LogP contribution is -2.44. The molecule has 144 valence electrons. The number of nitrogens with one attached hydrogen (secondary N) is 2. The Morgan fingerprint density at radius 3 is 2.12 bits per heavy atom. The summed E-state index contributed by atoms with van der Waals surface area (Å²) in [4.78, 5) is 26.3. The average molecular weight is 360 g/mol. The van der Waals surface area contributed by atoms with Gasteiger partial charge in [-0.3, -0.25) is 14.5 Å². The van der Waals surface area contributed by atoms with Gasteiger partial charge in [-0.15, -0.1) is 0 Å². The second-order valence-corrected chi connectivity index (χ2v) is 8.02. The van der Waals surface area contributed by atoms with Crippen molar-refractivity contribution in [3.8, 4) is 0 Å². The number of aryl methyl sites for hydroxylation is 3. The molecule has 2 amide bonds. The fraction of sp³-hybridized carbons (Fsp3) is 0.619. The first kappa shape index (κ1) is 20.4. The summed E-state index contributed by atoms with van der Waals surface area (Å²) in [6.07, 6.45) is 4.48. The lowest BCUT2D eigenvalue weighted by Gasteiger charge is -2.27. The number of benzene rings is 1. The zero-order chi connectivity index (χ0) is 19.3. The molecule has 0 radical (unpaired) electrons. The molecule has 1 fully saturated rings. The van der Waals surface area contributed by atoms with Crippen molar-refractivity contribution in [1.82, 2.24) is 10.2 Å². The predicted octanol–water partition coefficient (Wildman–Crippen LogP) is 3.18. The van der Waals surface area contributed by atoms with Crippen molar-refractivity contribution < 1.29 is 9.59 Å². The normalized spacial score (nSPS) is 20.1. The van der Waals surface area contributed by atoms with Crippen molar-refractivity contribution in [1.29, 1.82) is 0 Å². The Morgan fingerprint density at radius 2 is 1.54 bits per heavy atom. The number of nitrogens with zero attached hydrogens (tertiary/aromatic N) is 1. The average Bonchev–Trinajstić information content (AvgIpc) is 2.52. The standard InChI is InChI=1S/C21H33N3O2/c1-14-6-8-18(9-7-14)22-19(25)12-24(5)13-20(26)23-21-16(3)10-15(2)11-17(21)4/h10-11,14,18H,6-9,12-13H2,1-5H3,(H,22,25)(H,23,26). The molecular formula is C21H33N3O2. The third kappa shape index (κ3) is 6.13. The van der Waals surface area contributed by atoms with E-state index in [0.29, 0.717) is 6.04 Å². The second kappa shape index (κ2) is 9.17. The summed E-state index contributed by atoms with van der Waals surface area (Å²) < 4.78 is 0. The van der Waals surface area contributed by atoms with Gasteiger partial charge in [-0.1, -0.05) is 24.6 Å². The van der Waals surface area contributed by atoms with Crippen LogP contribution in [0.2, 0.25) is 0 Å². The van der Waals surface area contributed by atoms with Gasteiger partial charge in [-0.2, -0.15) is 0 Å².